The van der Waals surface area contributed by atoms with E-state index in [1.54, 1.807) is 0 Å². The Morgan fingerprint density at radius 1 is 1.42 bits per heavy atom. The Morgan fingerprint density at radius 3 is 2.79 bits per heavy atom. The summed E-state index contributed by atoms with van der Waals surface area (Å²) < 4.78 is 39.7. The third-order valence-corrected chi connectivity index (χ3v) is 4.77. The summed E-state index contributed by atoms with van der Waals surface area (Å²) in [7, 11) is -3.90. The van der Waals surface area contributed by atoms with E-state index in [1.807, 2.05) is 0 Å². The fraction of sp³-hybridized carbons (Fsp3) is 0.364. The molecule has 2 rings (SSSR count). The summed E-state index contributed by atoms with van der Waals surface area (Å²) in [5, 5.41) is 2.51. The molecular formula is C11H12ClFN2O3S. The van der Waals surface area contributed by atoms with Gasteiger partial charge >= 0.3 is 0 Å². The lowest BCUT2D eigenvalue weighted by Crippen LogP contribution is -2.47. The van der Waals surface area contributed by atoms with Crippen LogP contribution in [-0.2, 0) is 14.8 Å². The molecule has 1 aliphatic rings. The van der Waals surface area contributed by atoms with E-state index in [-0.39, 0.29) is 28.8 Å². The Hall–Kier alpha value is -1.18. The molecule has 104 valence electrons. The van der Waals surface area contributed by atoms with E-state index in [9.17, 15) is 17.6 Å². The first kappa shape index (κ1) is 14.2. The van der Waals surface area contributed by atoms with Crippen LogP contribution in [0.2, 0.25) is 5.02 Å². The maximum Gasteiger partial charge on any atom is 0.242 e. The maximum atomic E-state index is 13.1. The van der Waals surface area contributed by atoms with Crippen LogP contribution in [0.15, 0.2) is 23.1 Å². The average molecular weight is 307 g/mol. The number of amides is 1. The first-order chi connectivity index (χ1) is 8.88. The summed E-state index contributed by atoms with van der Waals surface area (Å²) in [6, 6.07) is 2.73. The quantitative estimate of drug-likeness (QED) is 0.876. The first-order valence-corrected chi connectivity index (χ1v) is 7.49. The van der Waals surface area contributed by atoms with Crippen LogP contribution >= 0.6 is 11.6 Å². The predicted octanol–water partition coefficient (Wildman–Crippen LogP) is 1.04. The molecule has 1 unspecified atom stereocenters. The molecule has 1 saturated heterocycles. The topological polar surface area (TPSA) is 75.3 Å². The Bertz CT molecular complexity index is 596. The van der Waals surface area contributed by atoms with Gasteiger partial charge in [0.15, 0.2) is 0 Å². The Kier molecular flexibility index (Phi) is 4.07. The number of nitrogens with one attached hydrogen (secondary N) is 2. The van der Waals surface area contributed by atoms with Crippen molar-refractivity contribution in [2.24, 2.45) is 0 Å². The van der Waals surface area contributed by atoms with Crippen molar-refractivity contribution in [3.63, 3.8) is 0 Å². The number of carbonyl (C=O) groups is 1. The minimum atomic E-state index is -3.90. The molecule has 1 aromatic carbocycles. The van der Waals surface area contributed by atoms with Crippen LogP contribution in [0.5, 0.6) is 0 Å². The Labute approximate surface area is 115 Å². The Balaban J connectivity index is 2.18. The van der Waals surface area contributed by atoms with Crippen molar-refractivity contribution < 1.29 is 17.6 Å². The van der Waals surface area contributed by atoms with Crippen LogP contribution in [0.25, 0.3) is 0 Å². The number of carbonyl (C=O) groups excluding carboxylic acids is 1. The second-order valence-corrected chi connectivity index (χ2v) is 6.33. The minimum absolute atomic E-state index is 0.0475. The maximum absolute atomic E-state index is 13.1. The molecule has 1 aliphatic heterocycles. The summed E-state index contributed by atoms with van der Waals surface area (Å²) in [6.07, 6.45) is 0.655. The summed E-state index contributed by atoms with van der Waals surface area (Å²) >= 11 is 5.77. The number of benzene rings is 1. The van der Waals surface area contributed by atoms with Crippen molar-refractivity contribution in [1.82, 2.24) is 10.0 Å². The van der Waals surface area contributed by atoms with Crippen molar-refractivity contribution in [3.05, 3.63) is 29.0 Å². The predicted molar refractivity (Wildman–Crippen MR) is 67.8 cm³/mol. The van der Waals surface area contributed by atoms with Gasteiger partial charge in [-0.05, 0) is 24.6 Å². The number of sulfonamides is 1. The number of halogens is 2. The monoisotopic (exact) mass is 306 g/mol. The molecule has 0 bridgehead atoms. The van der Waals surface area contributed by atoms with Gasteiger partial charge in [-0.25, -0.2) is 17.5 Å². The van der Waals surface area contributed by atoms with Gasteiger partial charge in [0.1, 0.15) is 10.7 Å². The van der Waals surface area contributed by atoms with Crippen LogP contribution in [0.3, 0.4) is 0 Å². The highest BCUT2D eigenvalue weighted by Crippen LogP contribution is 2.22. The molecular weight excluding hydrogens is 295 g/mol. The lowest BCUT2D eigenvalue weighted by atomic mass is 10.1. The van der Waals surface area contributed by atoms with E-state index in [0.717, 1.165) is 12.1 Å². The molecule has 1 aromatic rings. The lowest BCUT2D eigenvalue weighted by molar-refractivity contribution is -0.122. The normalized spacial score (nSPS) is 20.1. The molecule has 2 N–H and O–H groups in total. The van der Waals surface area contributed by atoms with Crippen LogP contribution in [0, 0.1) is 5.82 Å². The molecule has 0 saturated carbocycles. The summed E-state index contributed by atoms with van der Waals surface area (Å²) in [6.45, 7) is 0.213. The van der Waals surface area contributed by atoms with Gasteiger partial charge in [-0.2, -0.15) is 0 Å². The van der Waals surface area contributed by atoms with Gasteiger partial charge in [0.25, 0.3) is 0 Å². The molecule has 1 amide bonds. The molecule has 1 atom stereocenters. The van der Waals surface area contributed by atoms with E-state index in [1.165, 1.54) is 6.07 Å². The molecule has 1 fully saturated rings. The van der Waals surface area contributed by atoms with E-state index in [2.05, 4.69) is 10.0 Å². The number of hydrogen-bond donors (Lipinski definition) is 2. The molecule has 5 nitrogen and oxygen atoms in total. The standard InChI is InChI=1S/C11H12ClFN2O3S/c12-9-3-1-7(13)5-10(9)19(17,18)15-8-2-4-11(16)14-6-8/h1,3,5,8,15H,2,4,6H2,(H,14,16). The fourth-order valence-electron chi connectivity index (χ4n) is 1.80. The summed E-state index contributed by atoms with van der Waals surface area (Å²) in [5.74, 6) is -0.791. The highest BCUT2D eigenvalue weighted by Gasteiger charge is 2.25. The number of piperidine rings is 1. The molecule has 1 heterocycles. The molecule has 19 heavy (non-hydrogen) atoms. The van der Waals surface area contributed by atoms with Crippen molar-refractivity contribution in [2.75, 3.05) is 6.54 Å². The van der Waals surface area contributed by atoms with Gasteiger partial charge < -0.3 is 5.32 Å². The minimum Gasteiger partial charge on any atom is -0.355 e. The van der Waals surface area contributed by atoms with Crippen molar-refractivity contribution in [1.29, 1.82) is 0 Å². The first-order valence-electron chi connectivity index (χ1n) is 5.62. The SMILES string of the molecule is O=C1CCC(NS(=O)(=O)c2cc(F)ccc2Cl)CN1. The Morgan fingerprint density at radius 2 is 2.16 bits per heavy atom. The number of rotatable bonds is 3. The average Bonchev–Trinajstić information content (AvgIpc) is 2.35. The van der Waals surface area contributed by atoms with E-state index < -0.39 is 21.9 Å². The second-order valence-electron chi connectivity index (χ2n) is 4.24. The van der Waals surface area contributed by atoms with Crippen molar-refractivity contribution in [3.8, 4) is 0 Å². The van der Waals surface area contributed by atoms with Gasteiger partial charge in [-0.15, -0.1) is 0 Å². The fourth-order valence-corrected chi connectivity index (χ4v) is 3.58. The van der Waals surface area contributed by atoms with E-state index in [4.69, 9.17) is 11.6 Å². The van der Waals surface area contributed by atoms with Gasteiger partial charge in [0, 0.05) is 19.0 Å². The van der Waals surface area contributed by atoms with Gasteiger partial charge in [-0.3, -0.25) is 4.79 Å². The zero-order valence-corrected chi connectivity index (χ0v) is 11.4. The van der Waals surface area contributed by atoms with Crippen LogP contribution in [-0.4, -0.2) is 26.9 Å². The molecule has 8 heteroatoms. The molecule has 0 radical (unpaired) electrons. The zero-order valence-electron chi connectivity index (χ0n) is 9.82. The summed E-state index contributed by atoms with van der Waals surface area (Å²) in [4.78, 5) is 10.7. The zero-order chi connectivity index (χ0) is 14.0. The smallest absolute Gasteiger partial charge is 0.242 e. The second kappa shape index (κ2) is 5.44. The highest BCUT2D eigenvalue weighted by molar-refractivity contribution is 7.89. The van der Waals surface area contributed by atoms with Crippen LogP contribution in [0.1, 0.15) is 12.8 Å². The molecule has 0 aliphatic carbocycles. The van der Waals surface area contributed by atoms with Crippen LogP contribution in [0.4, 0.5) is 4.39 Å². The molecule has 0 aromatic heterocycles. The summed E-state index contributed by atoms with van der Waals surface area (Å²) in [5.41, 5.74) is 0. The van der Waals surface area contributed by atoms with Crippen molar-refractivity contribution in [2.45, 2.75) is 23.8 Å². The van der Waals surface area contributed by atoms with Crippen molar-refractivity contribution >= 4 is 27.5 Å². The van der Waals surface area contributed by atoms with Gasteiger partial charge in [0.2, 0.25) is 15.9 Å². The van der Waals surface area contributed by atoms with Gasteiger partial charge in [0.05, 0.1) is 5.02 Å². The molecule has 0 spiro atoms. The van der Waals surface area contributed by atoms with E-state index >= 15 is 0 Å². The van der Waals surface area contributed by atoms with Crippen LogP contribution < -0.4 is 10.0 Å². The third kappa shape index (κ3) is 3.43. The number of hydrogen-bond acceptors (Lipinski definition) is 3. The van der Waals surface area contributed by atoms with E-state index in [0.29, 0.717) is 6.42 Å². The highest BCUT2D eigenvalue weighted by atomic mass is 35.5. The van der Waals surface area contributed by atoms with Gasteiger partial charge in [-0.1, -0.05) is 11.6 Å². The third-order valence-electron chi connectivity index (χ3n) is 2.77. The largest absolute Gasteiger partial charge is 0.355 e. The lowest BCUT2D eigenvalue weighted by Gasteiger charge is -2.23.